The predicted octanol–water partition coefficient (Wildman–Crippen LogP) is 0.952. The Morgan fingerprint density at radius 3 is 2.86 bits per heavy atom. The first kappa shape index (κ1) is 15.3. The van der Waals surface area contributed by atoms with Crippen LogP contribution in [-0.4, -0.2) is 39.5 Å². The van der Waals surface area contributed by atoms with Gasteiger partial charge in [0.25, 0.3) is 5.56 Å². The number of hydrogen-bond donors (Lipinski definition) is 1. The number of nitrogens with zero attached hydrogens (tertiary/aromatic N) is 2. The summed E-state index contributed by atoms with van der Waals surface area (Å²) in [5, 5.41) is 8.83. The van der Waals surface area contributed by atoms with E-state index in [1.165, 1.54) is 10.6 Å². The van der Waals surface area contributed by atoms with E-state index in [0.717, 1.165) is 12.8 Å². The van der Waals surface area contributed by atoms with Crippen LogP contribution in [-0.2, 0) is 16.1 Å². The van der Waals surface area contributed by atoms with Crippen LogP contribution in [0.2, 0.25) is 0 Å². The van der Waals surface area contributed by atoms with Gasteiger partial charge in [-0.1, -0.05) is 6.07 Å². The van der Waals surface area contributed by atoms with Gasteiger partial charge in [0.05, 0.1) is 0 Å². The van der Waals surface area contributed by atoms with Gasteiger partial charge in [0.2, 0.25) is 5.91 Å². The lowest BCUT2D eigenvalue weighted by Crippen LogP contribution is -2.41. The number of likely N-dealkylation sites (tertiary alicyclic amines) is 1. The van der Waals surface area contributed by atoms with Crippen LogP contribution >= 0.6 is 0 Å². The number of carboxylic acid groups (broad SMARTS) is 1. The highest BCUT2D eigenvalue weighted by atomic mass is 16.4. The molecule has 1 fully saturated rings. The number of pyridine rings is 1. The fourth-order valence-corrected chi connectivity index (χ4v) is 2.72. The number of aryl methyl sites for hydroxylation is 1. The number of piperidine rings is 1. The standard InChI is InChI=1S/C15H20N2O4/c18-13-5-1-2-7-16(13)9-6-14(19)17-8-3-4-12(11-17)10-15(20)21/h1-2,5,7,12H,3-4,6,8-11H2,(H,20,21). The maximum absolute atomic E-state index is 12.2. The second-order valence-electron chi connectivity index (χ2n) is 5.43. The molecule has 1 saturated heterocycles. The summed E-state index contributed by atoms with van der Waals surface area (Å²) < 4.78 is 1.51. The van der Waals surface area contributed by atoms with Crippen molar-refractivity contribution >= 4 is 11.9 Å². The molecule has 1 aliphatic rings. The van der Waals surface area contributed by atoms with Crippen molar-refractivity contribution in [3.63, 3.8) is 0 Å². The Labute approximate surface area is 123 Å². The molecule has 0 aliphatic carbocycles. The average molecular weight is 292 g/mol. The Morgan fingerprint density at radius 1 is 1.33 bits per heavy atom. The van der Waals surface area contributed by atoms with Gasteiger partial charge in [-0.15, -0.1) is 0 Å². The summed E-state index contributed by atoms with van der Waals surface area (Å²) in [5.74, 6) is -0.786. The van der Waals surface area contributed by atoms with Crippen molar-refractivity contribution < 1.29 is 14.7 Å². The Kier molecular flexibility index (Phi) is 5.14. The molecule has 2 heterocycles. The Balaban J connectivity index is 1.87. The monoisotopic (exact) mass is 292 g/mol. The number of carbonyl (C=O) groups excluding carboxylic acids is 1. The summed E-state index contributed by atoms with van der Waals surface area (Å²) in [6, 6.07) is 4.89. The highest BCUT2D eigenvalue weighted by molar-refractivity contribution is 5.76. The molecule has 1 aromatic heterocycles. The molecule has 6 heteroatoms. The molecule has 0 bridgehead atoms. The number of carbonyl (C=O) groups is 2. The molecule has 0 saturated carbocycles. The van der Waals surface area contributed by atoms with Gasteiger partial charge in [-0.05, 0) is 24.8 Å². The van der Waals surface area contributed by atoms with Crippen molar-refractivity contribution in [1.82, 2.24) is 9.47 Å². The SMILES string of the molecule is O=C(O)CC1CCCN(C(=O)CCn2ccccc2=O)C1. The van der Waals surface area contributed by atoms with Crippen LogP contribution in [0.15, 0.2) is 29.2 Å². The lowest BCUT2D eigenvalue weighted by atomic mass is 9.94. The Bertz CT molecular complexity index is 567. The first-order chi connectivity index (χ1) is 10.1. The predicted molar refractivity (Wildman–Crippen MR) is 76.9 cm³/mol. The molecule has 1 aromatic rings. The summed E-state index contributed by atoms with van der Waals surface area (Å²) >= 11 is 0. The third kappa shape index (κ3) is 4.44. The molecule has 1 unspecified atom stereocenters. The van der Waals surface area contributed by atoms with Crippen LogP contribution < -0.4 is 5.56 Å². The van der Waals surface area contributed by atoms with Crippen molar-refractivity contribution in [3.8, 4) is 0 Å². The fourth-order valence-electron chi connectivity index (χ4n) is 2.72. The Morgan fingerprint density at radius 2 is 2.14 bits per heavy atom. The molecular weight excluding hydrogens is 272 g/mol. The van der Waals surface area contributed by atoms with Crippen LogP contribution in [0.25, 0.3) is 0 Å². The van der Waals surface area contributed by atoms with E-state index in [0.29, 0.717) is 19.6 Å². The second-order valence-corrected chi connectivity index (χ2v) is 5.43. The van der Waals surface area contributed by atoms with E-state index in [9.17, 15) is 14.4 Å². The number of aromatic nitrogens is 1. The summed E-state index contributed by atoms with van der Waals surface area (Å²) in [4.78, 5) is 36.2. The maximum Gasteiger partial charge on any atom is 0.303 e. The number of aliphatic carboxylic acids is 1. The van der Waals surface area contributed by atoms with Gasteiger partial charge in [-0.2, -0.15) is 0 Å². The van der Waals surface area contributed by atoms with E-state index in [1.54, 1.807) is 23.2 Å². The van der Waals surface area contributed by atoms with Crippen molar-refractivity contribution in [1.29, 1.82) is 0 Å². The van der Waals surface area contributed by atoms with Gasteiger partial charge in [0.1, 0.15) is 0 Å². The fraction of sp³-hybridized carbons (Fsp3) is 0.533. The first-order valence-corrected chi connectivity index (χ1v) is 7.21. The number of rotatable bonds is 5. The molecule has 0 aromatic carbocycles. The summed E-state index contributed by atoms with van der Waals surface area (Å²) in [6.45, 7) is 1.55. The largest absolute Gasteiger partial charge is 0.481 e. The minimum absolute atomic E-state index is 0.0131. The van der Waals surface area contributed by atoms with Crippen molar-refractivity contribution in [3.05, 3.63) is 34.7 Å². The molecule has 0 radical (unpaired) electrons. The highest BCUT2D eigenvalue weighted by Crippen LogP contribution is 2.20. The van der Waals surface area contributed by atoms with Gasteiger partial charge in [0, 0.05) is 44.7 Å². The van der Waals surface area contributed by atoms with E-state index < -0.39 is 5.97 Å². The summed E-state index contributed by atoms with van der Waals surface area (Å²) in [5.41, 5.74) is -0.118. The zero-order chi connectivity index (χ0) is 15.2. The Hall–Kier alpha value is -2.11. The van der Waals surface area contributed by atoms with E-state index in [2.05, 4.69) is 0 Å². The molecule has 1 amide bonds. The molecule has 0 spiro atoms. The van der Waals surface area contributed by atoms with Gasteiger partial charge in [0.15, 0.2) is 0 Å². The highest BCUT2D eigenvalue weighted by Gasteiger charge is 2.24. The van der Waals surface area contributed by atoms with Gasteiger partial charge >= 0.3 is 5.97 Å². The van der Waals surface area contributed by atoms with E-state index in [1.807, 2.05) is 0 Å². The quantitative estimate of drug-likeness (QED) is 0.876. The molecule has 2 rings (SSSR count). The van der Waals surface area contributed by atoms with Crippen LogP contribution in [0.3, 0.4) is 0 Å². The van der Waals surface area contributed by atoms with Crippen molar-refractivity contribution in [2.45, 2.75) is 32.2 Å². The van der Waals surface area contributed by atoms with Crippen molar-refractivity contribution in [2.75, 3.05) is 13.1 Å². The van der Waals surface area contributed by atoms with Crippen molar-refractivity contribution in [2.24, 2.45) is 5.92 Å². The number of hydrogen-bond acceptors (Lipinski definition) is 3. The third-order valence-corrected chi connectivity index (χ3v) is 3.80. The van der Waals surface area contributed by atoms with Crippen LogP contribution in [0.1, 0.15) is 25.7 Å². The zero-order valence-electron chi connectivity index (χ0n) is 11.9. The lowest BCUT2D eigenvalue weighted by Gasteiger charge is -2.32. The summed E-state index contributed by atoms with van der Waals surface area (Å²) in [7, 11) is 0. The van der Waals surface area contributed by atoms with Gasteiger partial charge < -0.3 is 14.6 Å². The van der Waals surface area contributed by atoms with E-state index in [4.69, 9.17) is 5.11 Å². The molecule has 1 atom stereocenters. The molecule has 1 N–H and O–H groups in total. The molecule has 6 nitrogen and oxygen atoms in total. The third-order valence-electron chi connectivity index (χ3n) is 3.80. The molecular formula is C15H20N2O4. The van der Waals surface area contributed by atoms with Gasteiger partial charge in [-0.3, -0.25) is 14.4 Å². The number of carboxylic acids is 1. The molecule has 1 aliphatic heterocycles. The van der Waals surface area contributed by atoms with E-state index in [-0.39, 0.29) is 30.2 Å². The van der Waals surface area contributed by atoms with Crippen LogP contribution in [0, 0.1) is 5.92 Å². The topological polar surface area (TPSA) is 79.6 Å². The zero-order valence-corrected chi connectivity index (χ0v) is 11.9. The van der Waals surface area contributed by atoms with Gasteiger partial charge in [-0.25, -0.2) is 0 Å². The lowest BCUT2D eigenvalue weighted by molar-refractivity contribution is -0.140. The smallest absolute Gasteiger partial charge is 0.303 e. The maximum atomic E-state index is 12.2. The average Bonchev–Trinajstić information content (AvgIpc) is 2.45. The summed E-state index contributed by atoms with van der Waals surface area (Å²) in [6.07, 6.45) is 3.74. The molecule has 114 valence electrons. The molecule has 21 heavy (non-hydrogen) atoms. The van der Waals surface area contributed by atoms with E-state index >= 15 is 0 Å². The normalized spacial score (nSPS) is 18.5. The second kappa shape index (κ2) is 7.06. The van der Waals surface area contributed by atoms with Crippen LogP contribution in [0.4, 0.5) is 0 Å². The number of amides is 1. The minimum atomic E-state index is -0.815. The minimum Gasteiger partial charge on any atom is -0.481 e. The first-order valence-electron chi connectivity index (χ1n) is 7.21. The van der Waals surface area contributed by atoms with Crippen LogP contribution in [0.5, 0.6) is 0 Å².